The predicted octanol–water partition coefficient (Wildman–Crippen LogP) is 1.43. The molecule has 0 bridgehead atoms. The van der Waals surface area contributed by atoms with Crippen LogP contribution in [0, 0.1) is 10.1 Å². The van der Waals surface area contributed by atoms with Crippen LogP contribution in [0.25, 0.3) is 0 Å². The van der Waals surface area contributed by atoms with E-state index in [4.69, 9.17) is 4.74 Å². The molecule has 0 N–H and O–H groups in total. The maximum atomic E-state index is 11.7. The quantitative estimate of drug-likeness (QED) is 0.355. The molecule has 1 aromatic heterocycles. The van der Waals surface area contributed by atoms with Gasteiger partial charge < -0.3 is 9.64 Å². The summed E-state index contributed by atoms with van der Waals surface area (Å²) >= 11 is 0. The first-order chi connectivity index (χ1) is 10.1. The van der Waals surface area contributed by atoms with Crippen molar-refractivity contribution in [2.24, 2.45) is 0 Å². The molecule has 0 fully saturated rings. The molecule has 1 heterocycles. The van der Waals surface area contributed by atoms with Crippen LogP contribution in [0.4, 0.5) is 11.6 Å². The monoisotopic (exact) mass is 288 g/mol. The second-order valence-electron chi connectivity index (χ2n) is 4.14. The van der Waals surface area contributed by atoms with Gasteiger partial charge in [0.15, 0.2) is 0 Å². The van der Waals surface area contributed by atoms with Gasteiger partial charge in [-0.15, -0.1) is 0 Å². The van der Waals surface area contributed by atoms with Crippen molar-refractivity contribution in [3.05, 3.63) is 52.8 Å². The van der Waals surface area contributed by atoms with E-state index in [2.05, 4.69) is 9.97 Å². The molecule has 2 rings (SSSR count). The Balaban J connectivity index is 1.95. The first kappa shape index (κ1) is 14.4. The van der Waals surface area contributed by atoms with E-state index in [-0.39, 0.29) is 18.2 Å². The Morgan fingerprint density at radius 3 is 2.48 bits per heavy atom. The van der Waals surface area contributed by atoms with Gasteiger partial charge in [-0.2, -0.15) is 0 Å². The lowest BCUT2D eigenvalue weighted by molar-refractivity contribution is -0.385. The van der Waals surface area contributed by atoms with E-state index < -0.39 is 10.9 Å². The number of benzene rings is 1. The minimum absolute atomic E-state index is 0.0767. The fraction of sp³-hybridized carbons (Fsp3) is 0.154. The summed E-state index contributed by atoms with van der Waals surface area (Å²) in [6.07, 6.45) is 2.17. The average molecular weight is 288 g/mol. The van der Waals surface area contributed by atoms with E-state index in [0.29, 0.717) is 5.75 Å². The summed E-state index contributed by atoms with van der Waals surface area (Å²) in [7, 11) is 1.59. The molecule has 0 spiro atoms. The van der Waals surface area contributed by atoms with Gasteiger partial charge in [-0.3, -0.25) is 10.1 Å². The SMILES string of the molecule is CN(CC(=O)Oc1ccccc1)c1ncc([N+](=O)[O-])cn1. The van der Waals surface area contributed by atoms with E-state index >= 15 is 0 Å². The van der Waals surface area contributed by atoms with Crippen LogP contribution in [0.5, 0.6) is 5.75 Å². The second kappa shape index (κ2) is 6.42. The average Bonchev–Trinajstić information content (AvgIpc) is 2.48. The Kier molecular flexibility index (Phi) is 4.39. The summed E-state index contributed by atoms with van der Waals surface area (Å²) in [4.78, 5) is 30.7. The van der Waals surface area contributed by atoms with E-state index in [1.807, 2.05) is 6.07 Å². The minimum atomic E-state index is -0.590. The zero-order chi connectivity index (χ0) is 15.2. The normalized spacial score (nSPS) is 9.95. The van der Waals surface area contributed by atoms with E-state index in [9.17, 15) is 14.9 Å². The van der Waals surface area contributed by atoms with E-state index in [1.165, 1.54) is 4.90 Å². The van der Waals surface area contributed by atoms with E-state index in [0.717, 1.165) is 12.4 Å². The van der Waals surface area contributed by atoms with Crippen LogP contribution in [-0.4, -0.2) is 34.5 Å². The summed E-state index contributed by atoms with van der Waals surface area (Å²) in [6.45, 7) is -0.0767. The van der Waals surface area contributed by atoms with Gasteiger partial charge in [-0.05, 0) is 12.1 Å². The largest absolute Gasteiger partial charge is 0.425 e. The molecular formula is C13H12N4O4. The van der Waals surface area contributed by atoms with Gasteiger partial charge in [0.05, 0.1) is 4.92 Å². The molecule has 0 aliphatic rings. The van der Waals surface area contributed by atoms with Crippen molar-refractivity contribution in [2.75, 3.05) is 18.5 Å². The summed E-state index contributed by atoms with van der Waals surface area (Å²) in [5.74, 6) is 0.164. The first-order valence-corrected chi connectivity index (χ1v) is 5.99. The number of aromatic nitrogens is 2. The fourth-order valence-electron chi connectivity index (χ4n) is 1.52. The van der Waals surface area contributed by atoms with Crippen LogP contribution in [-0.2, 0) is 4.79 Å². The molecule has 0 atom stereocenters. The van der Waals surface area contributed by atoms with Crippen molar-refractivity contribution in [3.63, 3.8) is 0 Å². The first-order valence-electron chi connectivity index (χ1n) is 5.99. The molecule has 0 unspecified atom stereocenters. The second-order valence-corrected chi connectivity index (χ2v) is 4.14. The summed E-state index contributed by atoms with van der Waals surface area (Å²) in [5.41, 5.74) is -0.209. The van der Waals surface area contributed by atoms with Crippen LogP contribution < -0.4 is 9.64 Å². The summed E-state index contributed by atoms with van der Waals surface area (Å²) in [5, 5.41) is 10.5. The number of esters is 1. The lowest BCUT2D eigenvalue weighted by atomic mass is 10.3. The highest BCUT2D eigenvalue weighted by Gasteiger charge is 2.13. The number of hydrogen-bond donors (Lipinski definition) is 0. The van der Waals surface area contributed by atoms with Crippen LogP contribution in [0.1, 0.15) is 0 Å². The fourth-order valence-corrected chi connectivity index (χ4v) is 1.52. The van der Waals surface area contributed by atoms with Crippen molar-refractivity contribution < 1.29 is 14.5 Å². The Labute approximate surface area is 120 Å². The third-order valence-electron chi connectivity index (χ3n) is 2.52. The molecule has 0 amide bonds. The van der Waals surface area contributed by atoms with E-state index in [1.54, 1.807) is 31.3 Å². The molecule has 8 nitrogen and oxygen atoms in total. The highest BCUT2D eigenvalue weighted by molar-refractivity contribution is 5.77. The molecule has 0 aliphatic carbocycles. The van der Waals surface area contributed by atoms with Crippen LogP contribution >= 0.6 is 0 Å². The van der Waals surface area contributed by atoms with Gasteiger partial charge in [-0.25, -0.2) is 14.8 Å². The lowest BCUT2D eigenvalue weighted by Crippen LogP contribution is -2.30. The lowest BCUT2D eigenvalue weighted by Gasteiger charge is -2.15. The molecule has 8 heteroatoms. The maximum Gasteiger partial charge on any atom is 0.331 e. The molecule has 2 aromatic rings. The highest BCUT2D eigenvalue weighted by atomic mass is 16.6. The number of carbonyl (C=O) groups is 1. The molecular weight excluding hydrogens is 276 g/mol. The van der Waals surface area contributed by atoms with Crippen molar-refractivity contribution in [2.45, 2.75) is 0 Å². The number of nitrogens with zero attached hydrogens (tertiary/aromatic N) is 4. The summed E-state index contributed by atoms with van der Waals surface area (Å²) < 4.78 is 5.12. The molecule has 0 radical (unpaired) electrons. The number of anilines is 1. The molecule has 0 aliphatic heterocycles. The Bertz CT molecular complexity index is 630. The molecule has 1 aromatic carbocycles. The smallest absolute Gasteiger partial charge is 0.331 e. The highest BCUT2D eigenvalue weighted by Crippen LogP contribution is 2.12. The van der Waals surface area contributed by atoms with Gasteiger partial charge in [0.2, 0.25) is 5.95 Å². The van der Waals surface area contributed by atoms with Gasteiger partial charge in [0.25, 0.3) is 0 Å². The molecule has 21 heavy (non-hydrogen) atoms. The Morgan fingerprint density at radius 1 is 1.29 bits per heavy atom. The topological polar surface area (TPSA) is 98.5 Å². The third kappa shape index (κ3) is 3.96. The van der Waals surface area contributed by atoms with Gasteiger partial charge in [0, 0.05) is 7.05 Å². The number of carbonyl (C=O) groups excluding carboxylic acids is 1. The molecule has 0 saturated carbocycles. The van der Waals surface area contributed by atoms with Crippen molar-refractivity contribution >= 4 is 17.6 Å². The number of rotatable bonds is 5. The van der Waals surface area contributed by atoms with Gasteiger partial charge in [-0.1, -0.05) is 18.2 Å². The van der Waals surface area contributed by atoms with Crippen LogP contribution in [0.15, 0.2) is 42.7 Å². The summed E-state index contributed by atoms with van der Waals surface area (Å²) in [6, 6.07) is 8.66. The number of ether oxygens (including phenoxy) is 1. The van der Waals surface area contributed by atoms with Crippen molar-refractivity contribution in [1.82, 2.24) is 9.97 Å². The van der Waals surface area contributed by atoms with Crippen molar-refractivity contribution in [3.8, 4) is 5.75 Å². The van der Waals surface area contributed by atoms with Crippen LogP contribution in [0.2, 0.25) is 0 Å². The molecule has 108 valence electrons. The van der Waals surface area contributed by atoms with Crippen LogP contribution in [0.3, 0.4) is 0 Å². The zero-order valence-electron chi connectivity index (χ0n) is 11.2. The minimum Gasteiger partial charge on any atom is -0.425 e. The maximum absolute atomic E-state index is 11.7. The number of hydrogen-bond acceptors (Lipinski definition) is 7. The zero-order valence-corrected chi connectivity index (χ0v) is 11.2. The Morgan fingerprint density at radius 2 is 1.90 bits per heavy atom. The number of para-hydroxylation sites is 1. The number of nitro groups is 1. The van der Waals surface area contributed by atoms with Gasteiger partial charge >= 0.3 is 11.7 Å². The van der Waals surface area contributed by atoms with Gasteiger partial charge in [0.1, 0.15) is 24.7 Å². The Hall–Kier alpha value is -3.03. The van der Waals surface area contributed by atoms with Crippen molar-refractivity contribution in [1.29, 1.82) is 0 Å². The number of likely N-dealkylation sites (N-methyl/N-ethyl adjacent to an activating group) is 1. The third-order valence-corrected chi connectivity index (χ3v) is 2.52. The standard InChI is InChI=1S/C13H12N4O4/c1-16(13-14-7-10(8-15-13)17(19)20)9-12(18)21-11-5-3-2-4-6-11/h2-8H,9H2,1H3. The molecule has 0 saturated heterocycles. The predicted molar refractivity (Wildman–Crippen MR) is 74.0 cm³/mol.